The van der Waals surface area contributed by atoms with Crippen molar-refractivity contribution in [1.29, 1.82) is 0 Å². The van der Waals surface area contributed by atoms with E-state index in [2.05, 4.69) is 5.10 Å². The lowest BCUT2D eigenvalue weighted by Gasteiger charge is -2.08. The highest BCUT2D eigenvalue weighted by Gasteiger charge is 2.11. The van der Waals surface area contributed by atoms with Crippen molar-refractivity contribution in [2.24, 2.45) is 0 Å². The summed E-state index contributed by atoms with van der Waals surface area (Å²) in [5.41, 5.74) is 4.55. The molecule has 3 nitrogen and oxygen atoms in total. The van der Waals surface area contributed by atoms with Crippen LogP contribution < -0.4 is 0 Å². The molecule has 0 spiro atoms. The molecule has 0 aliphatic rings. The zero-order valence-corrected chi connectivity index (χ0v) is 10.9. The first-order valence-corrected chi connectivity index (χ1v) is 5.91. The van der Waals surface area contributed by atoms with Crippen molar-refractivity contribution >= 4 is 0 Å². The number of hydrogen-bond acceptors (Lipinski definition) is 2. The van der Waals surface area contributed by atoms with E-state index in [1.54, 1.807) is 6.07 Å². The minimum absolute atomic E-state index is 0.0141. The molecular weight excluding hydrogens is 231 g/mol. The molecule has 1 aromatic heterocycles. The summed E-state index contributed by atoms with van der Waals surface area (Å²) >= 11 is 0. The van der Waals surface area contributed by atoms with Crippen molar-refractivity contribution in [3.8, 4) is 0 Å². The second-order valence-electron chi connectivity index (χ2n) is 4.54. The van der Waals surface area contributed by atoms with E-state index in [9.17, 15) is 9.50 Å². The maximum Gasteiger partial charge on any atom is 0.123 e. The molecule has 2 rings (SSSR count). The smallest absolute Gasteiger partial charge is 0.123 e. The Morgan fingerprint density at radius 3 is 2.61 bits per heavy atom. The van der Waals surface area contributed by atoms with Gasteiger partial charge in [-0.15, -0.1) is 0 Å². The van der Waals surface area contributed by atoms with Gasteiger partial charge in [0.15, 0.2) is 0 Å². The van der Waals surface area contributed by atoms with Crippen LogP contribution in [-0.2, 0) is 13.2 Å². The van der Waals surface area contributed by atoms with E-state index in [1.807, 2.05) is 25.5 Å². The Kier molecular flexibility index (Phi) is 3.48. The van der Waals surface area contributed by atoms with Crippen molar-refractivity contribution < 1.29 is 9.50 Å². The van der Waals surface area contributed by atoms with Gasteiger partial charge in [-0.05, 0) is 44.0 Å². The molecule has 0 aliphatic heterocycles. The van der Waals surface area contributed by atoms with Gasteiger partial charge in [-0.1, -0.05) is 6.07 Å². The quantitative estimate of drug-likeness (QED) is 0.906. The predicted molar refractivity (Wildman–Crippen MR) is 67.9 cm³/mol. The molecule has 0 aliphatic carbocycles. The number of halogens is 1. The number of rotatable bonds is 3. The summed E-state index contributed by atoms with van der Waals surface area (Å²) in [5.74, 6) is -0.237. The molecule has 0 radical (unpaired) electrons. The summed E-state index contributed by atoms with van der Waals surface area (Å²) in [6.45, 7) is 6.25. The molecular formula is C14H17FN2O. The molecule has 0 bridgehead atoms. The van der Waals surface area contributed by atoms with Gasteiger partial charge < -0.3 is 5.11 Å². The van der Waals surface area contributed by atoms with Crippen LogP contribution in [0.2, 0.25) is 0 Å². The molecule has 0 fully saturated rings. The zero-order valence-electron chi connectivity index (χ0n) is 10.9. The Labute approximate surface area is 106 Å². The van der Waals surface area contributed by atoms with E-state index in [1.165, 1.54) is 12.1 Å². The number of aliphatic hydroxyl groups is 1. The number of hydrogen-bond donors (Lipinski definition) is 1. The first-order valence-electron chi connectivity index (χ1n) is 5.91. The second kappa shape index (κ2) is 4.90. The molecule has 4 heteroatoms. The summed E-state index contributed by atoms with van der Waals surface area (Å²) < 4.78 is 15.0. The minimum atomic E-state index is -0.237. The molecule has 18 heavy (non-hydrogen) atoms. The average molecular weight is 248 g/mol. The third-order valence-corrected chi connectivity index (χ3v) is 3.32. The van der Waals surface area contributed by atoms with E-state index in [0.29, 0.717) is 6.54 Å². The third kappa shape index (κ3) is 2.29. The standard InChI is InChI=1S/C14H17FN2O/c1-9-4-5-13(15)6-12(9)7-17-11(3)14(8-18)10(2)16-17/h4-6,18H,7-8H2,1-3H3. The third-order valence-electron chi connectivity index (χ3n) is 3.32. The van der Waals surface area contributed by atoms with E-state index in [0.717, 1.165) is 28.1 Å². The second-order valence-corrected chi connectivity index (χ2v) is 4.54. The van der Waals surface area contributed by atoms with E-state index < -0.39 is 0 Å². The largest absolute Gasteiger partial charge is 0.392 e. The molecule has 0 unspecified atom stereocenters. The monoisotopic (exact) mass is 248 g/mol. The molecule has 1 N–H and O–H groups in total. The van der Waals surface area contributed by atoms with Gasteiger partial charge in [-0.25, -0.2) is 4.39 Å². The lowest BCUT2D eigenvalue weighted by Crippen LogP contribution is -2.06. The Morgan fingerprint density at radius 2 is 2.00 bits per heavy atom. The van der Waals surface area contributed by atoms with Crippen molar-refractivity contribution in [3.05, 3.63) is 52.1 Å². The van der Waals surface area contributed by atoms with Crippen LogP contribution in [-0.4, -0.2) is 14.9 Å². The Bertz CT molecular complexity index is 575. The fraction of sp³-hybridized carbons (Fsp3) is 0.357. The van der Waals surface area contributed by atoms with Gasteiger partial charge in [-0.2, -0.15) is 5.10 Å². The molecule has 0 atom stereocenters. The first kappa shape index (κ1) is 12.8. The molecule has 0 saturated heterocycles. The molecule has 0 saturated carbocycles. The van der Waals surface area contributed by atoms with E-state index in [4.69, 9.17) is 0 Å². The van der Waals surface area contributed by atoms with E-state index >= 15 is 0 Å². The van der Waals surface area contributed by atoms with Crippen LogP contribution in [0.1, 0.15) is 28.1 Å². The average Bonchev–Trinajstić information content (AvgIpc) is 2.59. The number of aryl methyl sites for hydroxylation is 2. The van der Waals surface area contributed by atoms with Gasteiger partial charge in [0.2, 0.25) is 0 Å². The highest BCUT2D eigenvalue weighted by atomic mass is 19.1. The molecule has 96 valence electrons. The van der Waals surface area contributed by atoms with Crippen molar-refractivity contribution in [2.45, 2.75) is 33.9 Å². The summed E-state index contributed by atoms with van der Waals surface area (Å²) in [6, 6.07) is 4.76. The van der Waals surface area contributed by atoms with Gasteiger partial charge in [0.05, 0.1) is 18.8 Å². The van der Waals surface area contributed by atoms with Crippen LogP contribution >= 0.6 is 0 Å². The topological polar surface area (TPSA) is 38.0 Å². The zero-order chi connectivity index (χ0) is 13.3. The highest BCUT2D eigenvalue weighted by Crippen LogP contribution is 2.17. The maximum atomic E-state index is 13.2. The lowest BCUT2D eigenvalue weighted by atomic mass is 10.1. The van der Waals surface area contributed by atoms with Crippen LogP contribution in [0.4, 0.5) is 4.39 Å². The Balaban J connectivity index is 2.37. The summed E-state index contributed by atoms with van der Waals surface area (Å²) in [7, 11) is 0. The molecule has 2 aromatic rings. The SMILES string of the molecule is Cc1ccc(F)cc1Cn1nc(C)c(CO)c1C. The van der Waals surface area contributed by atoms with Crippen LogP contribution in [0.5, 0.6) is 0 Å². The van der Waals surface area contributed by atoms with Gasteiger partial charge in [0, 0.05) is 11.3 Å². The van der Waals surface area contributed by atoms with Crippen molar-refractivity contribution in [1.82, 2.24) is 9.78 Å². The number of aromatic nitrogens is 2. The van der Waals surface area contributed by atoms with Crippen LogP contribution in [0.3, 0.4) is 0 Å². The Hall–Kier alpha value is -1.68. The summed E-state index contributed by atoms with van der Waals surface area (Å²) in [4.78, 5) is 0. The molecule has 0 amide bonds. The lowest BCUT2D eigenvalue weighted by molar-refractivity contribution is 0.280. The van der Waals surface area contributed by atoms with Crippen molar-refractivity contribution in [2.75, 3.05) is 0 Å². The highest BCUT2D eigenvalue weighted by molar-refractivity contribution is 5.29. The van der Waals surface area contributed by atoms with Gasteiger partial charge >= 0.3 is 0 Å². The van der Waals surface area contributed by atoms with E-state index in [-0.39, 0.29) is 12.4 Å². The summed E-state index contributed by atoms with van der Waals surface area (Å²) in [6.07, 6.45) is 0. The molecule has 1 heterocycles. The normalized spacial score (nSPS) is 10.9. The molecule has 1 aromatic carbocycles. The number of benzene rings is 1. The fourth-order valence-corrected chi connectivity index (χ4v) is 2.09. The van der Waals surface area contributed by atoms with Crippen LogP contribution in [0.15, 0.2) is 18.2 Å². The number of aliphatic hydroxyl groups excluding tert-OH is 1. The number of nitrogens with zero attached hydrogens (tertiary/aromatic N) is 2. The Morgan fingerprint density at radius 1 is 1.28 bits per heavy atom. The maximum absolute atomic E-state index is 13.2. The fourth-order valence-electron chi connectivity index (χ4n) is 2.09. The van der Waals surface area contributed by atoms with Gasteiger partial charge in [0.1, 0.15) is 5.82 Å². The summed E-state index contributed by atoms with van der Waals surface area (Å²) in [5, 5.41) is 13.6. The van der Waals surface area contributed by atoms with Crippen LogP contribution in [0.25, 0.3) is 0 Å². The van der Waals surface area contributed by atoms with Gasteiger partial charge in [-0.3, -0.25) is 4.68 Å². The van der Waals surface area contributed by atoms with Gasteiger partial charge in [0.25, 0.3) is 0 Å². The predicted octanol–water partition coefficient (Wildman–Crippen LogP) is 2.49. The first-order chi connectivity index (χ1) is 8.52. The minimum Gasteiger partial charge on any atom is -0.392 e. The van der Waals surface area contributed by atoms with Crippen molar-refractivity contribution in [3.63, 3.8) is 0 Å². The van der Waals surface area contributed by atoms with Crippen LogP contribution in [0, 0.1) is 26.6 Å².